The molecule has 2 nitrogen and oxygen atoms in total. The van der Waals surface area contributed by atoms with E-state index >= 15 is 0 Å². The summed E-state index contributed by atoms with van der Waals surface area (Å²) in [5.41, 5.74) is 20.8. The standard InChI is InChI=1S/C61H50N2/c1-60(2,3)45-32-26-44(27-33-45)50-21-15-22-54-53-20-11-14-25-58(53)63(59(50)54)57-24-13-10-18-49(57)43-30-36-47(37-31-43)62(46-34-28-42(29-35-46)41-16-7-6-8-17-41)48-38-39-52-51-19-9-12-23-55(51)61(4,5)56(52)40-48/h6-40H,1-5H3. The maximum absolute atomic E-state index is 2.49. The molecule has 1 aliphatic carbocycles. The van der Waals surface area contributed by atoms with Crippen LogP contribution in [0.5, 0.6) is 0 Å². The molecular formula is C61H50N2. The highest BCUT2D eigenvalue weighted by molar-refractivity contribution is 6.14. The van der Waals surface area contributed by atoms with Gasteiger partial charge in [0.15, 0.2) is 0 Å². The summed E-state index contributed by atoms with van der Waals surface area (Å²) in [5.74, 6) is 0. The average Bonchev–Trinajstić information content (AvgIpc) is 3.78. The van der Waals surface area contributed by atoms with Gasteiger partial charge in [-0.1, -0.05) is 198 Å². The van der Waals surface area contributed by atoms with Crippen LogP contribution in [0.3, 0.4) is 0 Å². The number of benzene rings is 9. The Labute approximate surface area is 371 Å². The van der Waals surface area contributed by atoms with E-state index < -0.39 is 0 Å². The maximum atomic E-state index is 2.49. The molecule has 1 heterocycles. The van der Waals surface area contributed by atoms with Crippen molar-refractivity contribution in [3.8, 4) is 50.2 Å². The summed E-state index contributed by atoms with van der Waals surface area (Å²) in [6.07, 6.45) is 0. The van der Waals surface area contributed by atoms with Crippen molar-refractivity contribution in [3.05, 3.63) is 229 Å². The molecule has 0 saturated heterocycles. The summed E-state index contributed by atoms with van der Waals surface area (Å²) in [6.45, 7) is 11.5. The molecule has 11 rings (SSSR count). The lowest BCUT2D eigenvalue weighted by Crippen LogP contribution is -2.16. The zero-order valence-electron chi connectivity index (χ0n) is 36.6. The maximum Gasteiger partial charge on any atom is 0.0619 e. The number of fused-ring (bicyclic) bond motifs is 6. The molecule has 0 atom stereocenters. The molecule has 304 valence electrons. The fourth-order valence-corrected chi connectivity index (χ4v) is 10.1. The third-order valence-corrected chi connectivity index (χ3v) is 13.4. The van der Waals surface area contributed by atoms with Crippen LogP contribution < -0.4 is 4.90 Å². The minimum Gasteiger partial charge on any atom is -0.310 e. The summed E-state index contributed by atoms with van der Waals surface area (Å²) < 4.78 is 2.49. The van der Waals surface area contributed by atoms with Crippen LogP contribution in [0.15, 0.2) is 212 Å². The smallest absolute Gasteiger partial charge is 0.0619 e. The van der Waals surface area contributed by atoms with E-state index in [0.717, 1.165) is 28.3 Å². The van der Waals surface area contributed by atoms with Crippen molar-refractivity contribution in [3.63, 3.8) is 0 Å². The van der Waals surface area contributed by atoms with Gasteiger partial charge in [-0.25, -0.2) is 0 Å². The number of rotatable bonds is 7. The van der Waals surface area contributed by atoms with Gasteiger partial charge in [-0.2, -0.15) is 0 Å². The van der Waals surface area contributed by atoms with Crippen molar-refractivity contribution >= 4 is 38.9 Å². The summed E-state index contributed by atoms with van der Waals surface area (Å²) in [4.78, 5) is 2.41. The van der Waals surface area contributed by atoms with E-state index in [1.807, 2.05) is 0 Å². The Kier molecular flexibility index (Phi) is 9.10. The van der Waals surface area contributed by atoms with Gasteiger partial charge in [-0.15, -0.1) is 0 Å². The van der Waals surface area contributed by atoms with E-state index in [9.17, 15) is 0 Å². The van der Waals surface area contributed by atoms with Gasteiger partial charge in [0, 0.05) is 44.4 Å². The lowest BCUT2D eigenvalue weighted by molar-refractivity contribution is 0.590. The van der Waals surface area contributed by atoms with Gasteiger partial charge >= 0.3 is 0 Å². The first-order valence-corrected chi connectivity index (χ1v) is 22.2. The fourth-order valence-electron chi connectivity index (χ4n) is 10.1. The second kappa shape index (κ2) is 14.9. The molecule has 2 heteroatoms. The highest BCUT2D eigenvalue weighted by atomic mass is 15.1. The molecule has 0 saturated carbocycles. The van der Waals surface area contributed by atoms with E-state index in [-0.39, 0.29) is 10.8 Å². The van der Waals surface area contributed by atoms with Gasteiger partial charge in [0.25, 0.3) is 0 Å². The lowest BCUT2D eigenvalue weighted by Gasteiger charge is -2.28. The SMILES string of the molecule is CC(C)(C)c1ccc(-c2cccc3c4ccccc4n(-c4ccccc4-c4ccc(N(c5ccc(-c6ccccc6)cc5)c5ccc6c(c5)C(C)(C)c5ccccc5-6)cc4)c23)cc1. The quantitative estimate of drug-likeness (QED) is 0.156. The Morgan fingerprint density at radius 3 is 1.65 bits per heavy atom. The summed E-state index contributed by atoms with van der Waals surface area (Å²) in [6, 6.07) is 78.4. The topological polar surface area (TPSA) is 8.17 Å². The Hall–Kier alpha value is -7.42. The number of hydrogen-bond donors (Lipinski definition) is 0. The minimum atomic E-state index is -0.110. The molecule has 0 N–H and O–H groups in total. The van der Waals surface area contributed by atoms with Crippen LogP contribution in [-0.2, 0) is 10.8 Å². The monoisotopic (exact) mass is 810 g/mol. The van der Waals surface area contributed by atoms with Crippen molar-refractivity contribution < 1.29 is 0 Å². The molecule has 0 amide bonds. The fraction of sp³-hybridized carbons (Fsp3) is 0.115. The van der Waals surface area contributed by atoms with Gasteiger partial charge in [0.1, 0.15) is 0 Å². The first-order valence-electron chi connectivity index (χ1n) is 22.2. The molecule has 63 heavy (non-hydrogen) atoms. The molecule has 0 fully saturated rings. The Bertz CT molecular complexity index is 3310. The molecule has 10 aromatic rings. The highest BCUT2D eigenvalue weighted by Gasteiger charge is 2.35. The minimum absolute atomic E-state index is 0.0859. The number of nitrogens with zero attached hydrogens (tertiary/aromatic N) is 2. The van der Waals surface area contributed by atoms with Gasteiger partial charge in [0.2, 0.25) is 0 Å². The van der Waals surface area contributed by atoms with E-state index in [4.69, 9.17) is 0 Å². The van der Waals surface area contributed by atoms with Crippen molar-refractivity contribution in [1.82, 2.24) is 4.57 Å². The largest absolute Gasteiger partial charge is 0.310 e. The van der Waals surface area contributed by atoms with Crippen LogP contribution in [0.2, 0.25) is 0 Å². The van der Waals surface area contributed by atoms with E-state index in [1.54, 1.807) is 0 Å². The van der Waals surface area contributed by atoms with E-state index in [2.05, 4.69) is 256 Å². The Morgan fingerprint density at radius 1 is 0.397 bits per heavy atom. The molecule has 0 spiro atoms. The van der Waals surface area contributed by atoms with Crippen LogP contribution in [0.1, 0.15) is 51.3 Å². The van der Waals surface area contributed by atoms with Crippen molar-refractivity contribution in [2.75, 3.05) is 4.90 Å². The van der Waals surface area contributed by atoms with Gasteiger partial charge in [0.05, 0.1) is 16.7 Å². The number of anilines is 3. The zero-order chi connectivity index (χ0) is 42.9. The second-order valence-corrected chi connectivity index (χ2v) is 18.6. The molecule has 1 aromatic heterocycles. The van der Waals surface area contributed by atoms with Crippen molar-refractivity contribution in [2.45, 2.75) is 45.4 Å². The van der Waals surface area contributed by atoms with Crippen molar-refractivity contribution in [1.29, 1.82) is 0 Å². The normalized spacial score (nSPS) is 13.0. The van der Waals surface area contributed by atoms with Crippen LogP contribution in [0.25, 0.3) is 72.0 Å². The first kappa shape index (κ1) is 38.5. The molecule has 0 aliphatic heterocycles. The number of aromatic nitrogens is 1. The van der Waals surface area contributed by atoms with Crippen LogP contribution in [0.4, 0.5) is 17.1 Å². The molecule has 9 aromatic carbocycles. The third kappa shape index (κ3) is 6.48. The lowest BCUT2D eigenvalue weighted by atomic mass is 9.82. The molecule has 0 unspecified atom stereocenters. The zero-order valence-corrected chi connectivity index (χ0v) is 36.6. The Balaban J connectivity index is 1.04. The second-order valence-electron chi connectivity index (χ2n) is 18.6. The predicted octanol–water partition coefficient (Wildman–Crippen LogP) is 16.9. The van der Waals surface area contributed by atoms with Crippen LogP contribution in [0, 0.1) is 0 Å². The third-order valence-electron chi connectivity index (χ3n) is 13.4. The molecule has 0 radical (unpaired) electrons. The van der Waals surface area contributed by atoms with E-state index in [0.29, 0.717) is 0 Å². The number of hydrogen-bond acceptors (Lipinski definition) is 1. The van der Waals surface area contributed by atoms with Gasteiger partial charge in [-0.3, -0.25) is 0 Å². The highest BCUT2D eigenvalue weighted by Crippen LogP contribution is 2.51. The van der Waals surface area contributed by atoms with Gasteiger partial charge in [-0.05, 0) is 104 Å². The Morgan fingerprint density at radius 2 is 0.921 bits per heavy atom. The molecule has 0 bridgehead atoms. The van der Waals surface area contributed by atoms with Gasteiger partial charge < -0.3 is 9.47 Å². The van der Waals surface area contributed by atoms with Crippen LogP contribution >= 0.6 is 0 Å². The van der Waals surface area contributed by atoms with Crippen molar-refractivity contribution in [2.24, 2.45) is 0 Å². The predicted molar refractivity (Wildman–Crippen MR) is 268 cm³/mol. The summed E-state index contributed by atoms with van der Waals surface area (Å²) in [5, 5.41) is 2.50. The molecule has 1 aliphatic rings. The van der Waals surface area contributed by atoms with Crippen LogP contribution in [-0.4, -0.2) is 4.57 Å². The number of para-hydroxylation sites is 3. The van der Waals surface area contributed by atoms with E-state index in [1.165, 1.54) is 77.4 Å². The first-order chi connectivity index (χ1) is 30.6. The average molecular weight is 811 g/mol. The summed E-state index contributed by atoms with van der Waals surface area (Å²) in [7, 11) is 0. The summed E-state index contributed by atoms with van der Waals surface area (Å²) >= 11 is 0. The molecular weight excluding hydrogens is 761 g/mol.